The topological polar surface area (TPSA) is 84.6 Å². The molecule has 1 N–H and O–H groups in total. The molecule has 0 radical (unpaired) electrons. The van der Waals surface area contributed by atoms with Gasteiger partial charge in [0.05, 0.1) is 12.2 Å². The Labute approximate surface area is 262 Å². The van der Waals surface area contributed by atoms with E-state index in [0.29, 0.717) is 33.7 Å². The quantitative estimate of drug-likeness (QED) is 0.197. The summed E-state index contributed by atoms with van der Waals surface area (Å²) in [5, 5.41) is 7.56. The summed E-state index contributed by atoms with van der Waals surface area (Å²) >= 11 is 1.51. The number of anilines is 1. The fourth-order valence-corrected chi connectivity index (χ4v) is 6.06. The van der Waals surface area contributed by atoms with Crippen LogP contribution < -0.4 is 15.0 Å². The predicted molar refractivity (Wildman–Crippen MR) is 168 cm³/mol. The molecule has 4 aromatic rings. The molecule has 8 nitrogen and oxygen atoms in total. The Morgan fingerprint density at radius 2 is 1.82 bits per heavy atom. The van der Waals surface area contributed by atoms with Crippen molar-refractivity contribution in [3.63, 3.8) is 0 Å². The molecular formula is C32H32F4N6O2S. The first-order valence-corrected chi connectivity index (χ1v) is 15.4. The number of amides is 2. The summed E-state index contributed by atoms with van der Waals surface area (Å²) in [5.41, 5.74) is 4.91. The van der Waals surface area contributed by atoms with E-state index in [2.05, 4.69) is 62.9 Å². The van der Waals surface area contributed by atoms with Crippen LogP contribution in [-0.4, -0.2) is 51.2 Å². The maximum Gasteiger partial charge on any atom is 0.573 e. The molecule has 2 amide bonds. The van der Waals surface area contributed by atoms with Gasteiger partial charge in [-0.3, -0.25) is 0 Å². The molecule has 13 heteroatoms. The van der Waals surface area contributed by atoms with Crippen LogP contribution in [0, 0.1) is 6.92 Å². The lowest BCUT2D eigenvalue weighted by molar-refractivity contribution is -0.274. The number of hydrogen-bond donors (Lipinski definition) is 1. The lowest BCUT2D eigenvalue weighted by Gasteiger charge is -2.32. The molecule has 1 fully saturated rings. The molecule has 3 aromatic carbocycles. The van der Waals surface area contributed by atoms with Gasteiger partial charge in [-0.1, -0.05) is 62.0 Å². The number of rotatable bonds is 8. The number of thioether (sulfide) groups is 1. The minimum absolute atomic E-state index is 0.248. The van der Waals surface area contributed by atoms with Crippen LogP contribution in [0.25, 0.3) is 17.1 Å². The maximum absolute atomic E-state index is 15.1. The molecule has 0 spiro atoms. The second-order valence-electron chi connectivity index (χ2n) is 10.7. The van der Waals surface area contributed by atoms with Gasteiger partial charge in [-0.2, -0.15) is 4.99 Å². The number of nitrogens with zero attached hydrogens (tertiary/aromatic N) is 5. The van der Waals surface area contributed by atoms with E-state index in [4.69, 9.17) is 0 Å². The number of amidine groups is 1. The second kappa shape index (κ2) is 13.7. The van der Waals surface area contributed by atoms with Crippen molar-refractivity contribution >= 4 is 28.6 Å². The van der Waals surface area contributed by atoms with Gasteiger partial charge in [-0.15, -0.1) is 18.3 Å². The van der Waals surface area contributed by atoms with Crippen LogP contribution in [0.4, 0.5) is 28.0 Å². The third-order valence-electron chi connectivity index (χ3n) is 7.14. The fraction of sp³-hybridized carbons (Fsp3) is 0.312. The summed E-state index contributed by atoms with van der Waals surface area (Å²) in [5.74, 6) is 1.15. The predicted octanol–water partition coefficient (Wildman–Crippen LogP) is 7.98. The largest absolute Gasteiger partial charge is 0.573 e. The third-order valence-corrected chi connectivity index (χ3v) is 8.21. The zero-order valence-electron chi connectivity index (χ0n) is 24.9. The van der Waals surface area contributed by atoms with E-state index in [1.807, 2.05) is 6.07 Å². The standard InChI is InChI=1S/C32H32F4N6O2S/c1-20(2)28-21(3)6-4-7-27(28)41-16-5-17-45-31(41)39-30(43)37-18-26(33)22-8-10-23(11-9-22)29-38-19-42(40-29)24-12-14-25(15-13-24)44-32(34,35)36/h4,6-15,19-20,26H,5,16-18H2,1-3H3,(H,37,43)/b39-31-. The molecule has 0 saturated carbocycles. The zero-order chi connectivity index (χ0) is 32.1. The van der Waals surface area contributed by atoms with Gasteiger partial charge in [-0.25, -0.2) is 18.9 Å². The molecule has 0 aliphatic carbocycles. The van der Waals surface area contributed by atoms with Gasteiger partial charge < -0.3 is 15.0 Å². The number of carbonyl (C=O) groups is 1. The molecule has 5 rings (SSSR count). The highest BCUT2D eigenvalue weighted by Gasteiger charge is 2.31. The molecule has 1 aliphatic rings. The van der Waals surface area contributed by atoms with Gasteiger partial charge >= 0.3 is 12.4 Å². The maximum atomic E-state index is 15.1. The number of aryl methyl sites for hydroxylation is 1. The molecule has 1 unspecified atom stereocenters. The van der Waals surface area contributed by atoms with Crippen molar-refractivity contribution in [3.8, 4) is 22.8 Å². The second-order valence-corrected chi connectivity index (χ2v) is 11.8. The van der Waals surface area contributed by atoms with E-state index in [0.717, 1.165) is 24.4 Å². The summed E-state index contributed by atoms with van der Waals surface area (Å²) in [6, 6.07) is 17.3. The van der Waals surface area contributed by atoms with Crippen LogP contribution in [0.15, 0.2) is 78.0 Å². The Balaban J connectivity index is 1.20. The lowest BCUT2D eigenvalue weighted by Crippen LogP contribution is -2.37. The molecule has 236 valence electrons. The fourth-order valence-electron chi connectivity index (χ4n) is 5.11. The van der Waals surface area contributed by atoms with Crippen molar-refractivity contribution < 1.29 is 27.1 Å². The molecule has 0 bridgehead atoms. The van der Waals surface area contributed by atoms with E-state index in [1.54, 1.807) is 24.3 Å². The molecule has 1 aliphatic heterocycles. The summed E-state index contributed by atoms with van der Waals surface area (Å²) in [7, 11) is 0. The van der Waals surface area contributed by atoms with E-state index in [-0.39, 0.29) is 12.3 Å². The van der Waals surface area contributed by atoms with Crippen LogP contribution >= 0.6 is 11.8 Å². The van der Waals surface area contributed by atoms with Crippen molar-refractivity contribution in [1.82, 2.24) is 20.1 Å². The number of aromatic nitrogens is 3. The summed E-state index contributed by atoms with van der Waals surface area (Å²) in [6.45, 7) is 6.87. The monoisotopic (exact) mass is 640 g/mol. The van der Waals surface area contributed by atoms with Gasteiger partial charge in [-0.05, 0) is 66.3 Å². The highest BCUT2D eigenvalue weighted by molar-refractivity contribution is 8.14. The minimum atomic E-state index is -4.78. The van der Waals surface area contributed by atoms with Crippen molar-refractivity contribution in [3.05, 3.63) is 89.7 Å². The average molecular weight is 641 g/mol. The Hall–Kier alpha value is -4.39. The number of halogens is 4. The lowest BCUT2D eigenvalue weighted by atomic mass is 9.95. The smallest absolute Gasteiger partial charge is 0.406 e. The van der Waals surface area contributed by atoms with Gasteiger partial charge in [0.2, 0.25) is 0 Å². The first-order chi connectivity index (χ1) is 21.5. The Kier molecular flexibility index (Phi) is 9.76. The Morgan fingerprint density at radius 3 is 2.51 bits per heavy atom. The number of carbonyl (C=O) groups excluding carboxylic acids is 1. The molecule has 1 aromatic heterocycles. The summed E-state index contributed by atoms with van der Waals surface area (Å²) in [4.78, 5) is 23.4. The number of benzene rings is 3. The van der Waals surface area contributed by atoms with Crippen LogP contribution in [0.2, 0.25) is 0 Å². The number of hydrogen-bond acceptors (Lipinski definition) is 5. The number of alkyl halides is 4. The van der Waals surface area contributed by atoms with E-state index in [1.165, 1.54) is 58.2 Å². The van der Waals surface area contributed by atoms with E-state index in [9.17, 15) is 18.0 Å². The van der Waals surface area contributed by atoms with Gasteiger partial charge in [0.1, 0.15) is 18.2 Å². The molecule has 2 heterocycles. The number of aliphatic imine (C=N–C) groups is 1. The summed E-state index contributed by atoms with van der Waals surface area (Å²) in [6.07, 6.45) is -3.86. The Bertz CT molecular complexity index is 1660. The molecule has 1 saturated heterocycles. The van der Waals surface area contributed by atoms with Crippen LogP contribution in [0.5, 0.6) is 5.75 Å². The van der Waals surface area contributed by atoms with E-state index < -0.39 is 18.6 Å². The number of ether oxygens (including phenoxy) is 1. The van der Waals surface area contributed by atoms with Gasteiger partial charge in [0, 0.05) is 23.5 Å². The van der Waals surface area contributed by atoms with Gasteiger partial charge in [0.15, 0.2) is 11.0 Å². The van der Waals surface area contributed by atoms with Crippen molar-refractivity contribution in [2.75, 3.05) is 23.7 Å². The first kappa shape index (κ1) is 32.0. The van der Waals surface area contributed by atoms with Crippen LogP contribution in [0.1, 0.15) is 49.0 Å². The van der Waals surface area contributed by atoms with Crippen LogP contribution in [0.3, 0.4) is 0 Å². The third kappa shape index (κ3) is 8.01. The number of urea groups is 1. The zero-order valence-corrected chi connectivity index (χ0v) is 25.7. The van der Waals surface area contributed by atoms with E-state index >= 15 is 4.39 Å². The molecule has 45 heavy (non-hydrogen) atoms. The van der Waals surface area contributed by atoms with Gasteiger partial charge in [0.25, 0.3) is 0 Å². The minimum Gasteiger partial charge on any atom is -0.406 e. The molecule has 1 atom stereocenters. The Morgan fingerprint density at radius 1 is 1.09 bits per heavy atom. The first-order valence-electron chi connectivity index (χ1n) is 14.4. The average Bonchev–Trinajstić information content (AvgIpc) is 3.50. The van der Waals surface area contributed by atoms with Crippen molar-refractivity contribution in [2.24, 2.45) is 4.99 Å². The highest BCUT2D eigenvalue weighted by atomic mass is 32.2. The SMILES string of the molecule is Cc1cccc(N2CCCS/C2=N\C(=O)NCC(F)c2ccc(-c3ncn(-c4ccc(OC(F)(F)F)cc4)n3)cc2)c1C(C)C. The van der Waals surface area contributed by atoms with Crippen molar-refractivity contribution in [1.29, 1.82) is 0 Å². The normalized spacial score (nSPS) is 15.4. The number of nitrogens with one attached hydrogen (secondary N) is 1. The van der Waals surface area contributed by atoms with Crippen LogP contribution in [-0.2, 0) is 0 Å². The molecular weight excluding hydrogens is 608 g/mol. The summed E-state index contributed by atoms with van der Waals surface area (Å²) < 4.78 is 57.6. The van der Waals surface area contributed by atoms with Crippen molar-refractivity contribution in [2.45, 2.75) is 45.6 Å². The highest BCUT2D eigenvalue weighted by Crippen LogP contribution is 2.34.